The van der Waals surface area contributed by atoms with E-state index in [1.807, 2.05) is 70.4 Å². The van der Waals surface area contributed by atoms with Gasteiger partial charge in [0.2, 0.25) is 5.95 Å². The number of nitrogens with one attached hydrogen (secondary N) is 2. The summed E-state index contributed by atoms with van der Waals surface area (Å²) in [6, 6.07) is 17.8. The zero-order valence-corrected chi connectivity index (χ0v) is 16.1. The van der Waals surface area contributed by atoms with E-state index < -0.39 is 0 Å². The highest BCUT2D eigenvalue weighted by Gasteiger charge is 2.07. The highest BCUT2D eigenvalue weighted by Crippen LogP contribution is 2.27. The van der Waals surface area contributed by atoms with Gasteiger partial charge in [-0.25, -0.2) is 4.98 Å². The Morgan fingerprint density at radius 1 is 0.926 bits per heavy atom. The van der Waals surface area contributed by atoms with E-state index >= 15 is 0 Å². The number of aromatic nitrogens is 2. The molecular weight excluding hydrogens is 338 g/mol. The van der Waals surface area contributed by atoms with Gasteiger partial charge in [-0.05, 0) is 56.3 Å². The van der Waals surface area contributed by atoms with Crippen LogP contribution in [0.4, 0.5) is 28.8 Å². The molecule has 1 heterocycles. The fourth-order valence-corrected chi connectivity index (χ4v) is 2.53. The minimum Gasteiger partial charge on any atom is -0.489 e. The lowest BCUT2D eigenvalue weighted by atomic mass is 10.2. The van der Waals surface area contributed by atoms with E-state index in [0.717, 1.165) is 22.8 Å². The number of hydrogen-bond acceptors (Lipinski definition) is 6. The zero-order valence-electron chi connectivity index (χ0n) is 16.1. The van der Waals surface area contributed by atoms with Crippen LogP contribution in [0.5, 0.6) is 5.75 Å². The molecular formula is C21H25N5O. The van der Waals surface area contributed by atoms with Crippen molar-refractivity contribution in [2.45, 2.75) is 20.0 Å². The van der Waals surface area contributed by atoms with Gasteiger partial charge in [0, 0.05) is 31.7 Å². The van der Waals surface area contributed by atoms with Crippen LogP contribution in [0.2, 0.25) is 0 Å². The van der Waals surface area contributed by atoms with Gasteiger partial charge < -0.3 is 20.3 Å². The minimum absolute atomic E-state index is 0.0898. The Hall–Kier alpha value is -3.28. The summed E-state index contributed by atoms with van der Waals surface area (Å²) >= 11 is 0. The van der Waals surface area contributed by atoms with Crippen molar-refractivity contribution >= 4 is 28.8 Å². The molecule has 0 saturated heterocycles. The predicted octanol–water partition coefficient (Wildman–Crippen LogP) is 4.82. The predicted molar refractivity (Wildman–Crippen MR) is 112 cm³/mol. The van der Waals surface area contributed by atoms with E-state index in [4.69, 9.17) is 4.74 Å². The fraction of sp³-hybridized carbons (Fsp3) is 0.238. The Bertz CT molecular complexity index is 878. The summed E-state index contributed by atoms with van der Waals surface area (Å²) in [6.45, 7) is 4.00. The van der Waals surface area contributed by atoms with Gasteiger partial charge in [0.1, 0.15) is 11.6 Å². The van der Waals surface area contributed by atoms with Crippen LogP contribution in [-0.4, -0.2) is 30.2 Å². The molecule has 0 bridgehead atoms. The van der Waals surface area contributed by atoms with E-state index in [2.05, 4.69) is 37.6 Å². The van der Waals surface area contributed by atoms with Crippen LogP contribution in [0.1, 0.15) is 13.8 Å². The lowest BCUT2D eigenvalue weighted by molar-refractivity contribution is 0.244. The van der Waals surface area contributed by atoms with Crippen molar-refractivity contribution in [2.24, 2.45) is 0 Å². The van der Waals surface area contributed by atoms with E-state index in [0.29, 0.717) is 11.8 Å². The standard InChI is InChI=1S/C21H25N5O/c1-15(2)27-19-8-6-5-7-18(19)24-21-22-14-13-20(25-21)23-16-9-11-17(12-10-16)26(3)4/h5-15H,1-4H3,(H2,22,23,24,25). The van der Waals surface area contributed by atoms with Crippen molar-refractivity contribution in [1.82, 2.24) is 9.97 Å². The molecule has 6 heteroatoms. The number of hydrogen-bond donors (Lipinski definition) is 2. The number of rotatable bonds is 7. The van der Waals surface area contributed by atoms with E-state index in [1.165, 1.54) is 0 Å². The second-order valence-electron chi connectivity index (χ2n) is 6.62. The summed E-state index contributed by atoms with van der Waals surface area (Å²) in [5.41, 5.74) is 2.94. The summed E-state index contributed by atoms with van der Waals surface area (Å²) in [5, 5.41) is 6.54. The van der Waals surface area contributed by atoms with Gasteiger partial charge in [-0.3, -0.25) is 0 Å². The smallest absolute Gasteiger partial charge is 0.229 e. The Balaban J connectivity index is 1.74. The first kappa shape index (κ1) is 18.5. The van der Waals surface area contributed by atoms with E-state index in [-0.39, 0.29) is 6.10 Å². The maximum absolute atomic E-state index is 5.84. The molecule has 27 heavy (non-hydrogen) atoms. The monoisotopic (exact) mass is 363 g/mol. The van der Waals surface area contributed by atoms with E-state index in [9.17, 15) is 0 Å². The van der Waals surface area contributed by atoms with Crippen molar-refractivity contribution in [3.8, 4) is 5.75 Å². The third-order valence-corrected chi connectivity index (χ3v) is 3.81. The number of para-hydroxylation sites is 2. The molecule has 0 aliphatic heterocycles. The van der Waals surface area contributed by atoms with Crippen LogP contribution in [0.15, 0.2) is 60.8 Å². The molecule has 0 unspecified atom stereocenters. The summed E-state index contributed by atoms with van der Waals surface area (Å²) in [5.74, 6) is 1.99. The van der Waals surface area contributed by atoms with Crippen LogP contribution in [0.25, 0.3) is 0 Å². The largest absolute Gasteiger partial charge is 0.489 e. The second kappa shape index (κ2) is 8.40. The van der Waals surface area contributed by atoms with Crippen molar-refractivity contribution in [2.75, 3.05) is 29.6 Å². The van der Waals surface area contributed by atoms with Gasteiger partial charge in [0.15, 0.2) is 0 Å². The van der Waals surface area contributed by atoms with Crippen LogP contribution < -0.4 is 20.3 Å². The molecule has 0 atom stereocenters. The number of ether oxygens (including phenoxy) is 1. The molecule has 3 rings (SSSR count). The SMILES string of the molecule is CC(C)Oc1ccccc1Nc1nccc(Nc2ccc(N(C)C)cc2)n1. The Morgan fingerprint density at radius 3 is 2.37 bits per heavy atom. The first-order valence-corrected chi connectivity index (χ1v) is 8.91. The Morgan fingerprint density at radius 2 is 1.67 bits per heavy atom. The molecule has 0 spiro atoms. The maximum atomic E-state index is 5.84. The van der Waals surface area contributed by atoms with Gasteiger partial charge in [0.05, 0.1) is 11.8 Å². The molecule has 0 saturated carbocycles. The average molecular weight is 363 g/mol. The lowest BCUT2D eigenvalue weighted by Gasteiger charge is -2.15. The fourth-order valence-electron chi connectivity index (χ4n) is 2.53. The first-order chi connectivity index (χ1) is 13.0. The molecule has 2 N–H and O–H groups in total. The Labute approximate surface area is 160 Å². The van der Waals surface area contributed by atoms with Crippen molar-refractivity contribution in [3.05, 3.63) is 60.8 Å². The normalized spacial score (nSPS) is 10.6. The van der Waals surface area contributed by atoms with E-state index in [1.54, 1.807) is 6.20 Å². The quantitative estimate of drug-likeness (QED) is 0.628. The molecule has 2 aromatic carbocycles. The van der Waals surface area contributed by atoms with Crippen LogP contribution >= 0.6 is 0 Å². The third-order valence-electron chi connectivity index (χ3n) is 3.81. The Kier molecular flexibility index (Phi) is 5.76. The van der Waals surface area contributed by atoms with Crippen molar-refractivity contribution < 1.29 is 4.74 Å². The summed E-state index contributed by atoms with van der Waals surface area (Å²) < 4.78 is 5.84. The zero-order chi connectivity index (χ0) is 19.2. The molecule has 0 fully saturated rings. The van der Waals surface area contributed by atoms with Crippen LogP contribution in [-0.2, 0) is 0 Å². The van der Waals surface area contributed by atoms with Crippen molar-refractivity contribution in [1.29, 1.82) is 0 Å². The summed E-state index contributed by atoms with van der Waals surface area (Å²) in [4.78, 5) is 10.9. The van der Waals surface area contributed by atoms with Gasteiger partial charge in [-0.15, -0.1) is 0 Å². The maximum Gasteiger partial charge on any atom is 0.229 e. The molecule has 1 aromatic heterocycles. The van der Waals surface area contributed by atoms with Gasteiger partial charge in [-0.2, -0.15) is 4.98 Å². The van der Waals surface area contributed by atoms with Crippen LogP contribution in [0.3, 0.4) is 0 Å². The van der Waals surface area contributed by atoms with Gasteiger partial charge >= 0.3 is 0 Å². The highest BCUT2D eigenvalue weighted by molar-refractivity contribution is 5.65. The van der Waals surface area contributed by atoms with Gasteiger partial charge in [0.25, 0.3) is 0 Å². The summed E-state index contributed by atoms with van der Waals surface area (Å²) in [6.07, 6.45) is 1.81. The summed E-state index contributed by atoms with van der Waals surface area (Å²) in [7, 11) is 4.04. The molecule has 0 amide bonds. The first-order valence-electron chi connectivity index (χ1n) is 8.91. The molecule has 3 aromatic rings. The topological polar surface area (TPSA) is 62.3 Å². The van der Waals surface area contributed by atoms with Crippen LogP contribution in [0, 0.1) is 0 Å². The highest BCUT2D eigenvalue weighted by atomic mass is 16.5. The lowest BCUT2D eigenvalue weighted by Crippen LogP contribution is -2.08. The minimum atomic E-state index is 0.0898. The van der Waals surface area contributed by atoms with Gasteiger partial charge in [-0.1, -0.05) is 12.1 Å². The molecule has 140 valence electrons. The number of nitrogens with zero attached hydrogens (tertiary/aromatic N) is 3. The van der Waals surface area contributed by atoms with Crippen molar-refractivity contribution in [3.63, 3.8) is 0 Å². The molecule has 6 nitrogen and oxygen atoms in total. The molecule has 0 aliphatic carbocycles. The number of anilines is 5. The molecule has 0 aliphatic rings. The second-order valence-corrected chi connectivity index (χ2v) is 6.62. The number of benzene rings is 2. The average Bonchev–Trinajstić information content (AvgIpc) is 2.64. The molecule has 0 radical (unpaired) electrons. The third kappa shape index (κ3) is 5.10.